The fourth-order valence-corrected chi connectivity index (χ4v) is 3.77. The smallest absolute Gasteiger partial charge is 0.282 e. The van der Waals surface area contributed by atoms with Crippen LogP contribution in [-0.2, 0) is 9.59 Å². The number of anilines is 2. The van der Waals surface area contributed by atoms with Crippen molar-refractivity contribution in [3.05, 3.63) is 88.6 Å². The fraction of sp³-hybridized carbons (Fsp3) is 0.120. The van der Waals surface area contributed by atoms with Crippen molar-refractivity contribution in [2.24, 2.45) is 0 Å². The number of carbonyl (C=O) groups excluding carboxylic acids is 2. The highest BCUT2D eigenvalue weighted by molar-refractivity contribution is 6.46. The zero-order valence-corrected chi connectivity index (χ0v) is 18.6. The Morgan fingerprint density at radius 2 is 1.50 bits per heavy atom. The van der Waals surface area contributed by atoms with Crippen molar-refractivity contribution in [3.8, 4) is 11.5 Å². The number of rotatable bonds is 6. The van der Waals surface area contributed by atoms with Crippen molar-refractivity contribution in [2.45, 2.75) is 6.92 Å². The zero-order chi connectivity index (χ0) is 22.8. The van der Waals surface area contributed by atoms with Crippen LogP contribution in [0.4, 0.5) is 11.4 Å². The van der Waals surface area contributed by atoms with Gasteiger partial charge in [0.2, 0.25) is 0 Å². The average Bonchev–Trinajstić information content (AvgIpc) is 3.05. The van der Waals surface area contributed by atoms with Crippen LogP contribution < -0.4 is 19.7 Å². The number of benzene rings is 3. The lowest BCUT2D eigenvalue weighted by atomic mass is 10.0. The lowest BCUT2D eigenvalue weighted by Crippen LogP contribution is -2.33. The van der Waals surface area contributed by atoms with Crippen LogP contribution >= 0.6 is 11.6 Å². The number of ether oxygens (including phenoxy) is 2. The van der Waals surface area contributed by atoms with Gasteiger partial charge in [-0.1, -0.05) is 48.0 Å². The van der Waals surface area contributed by atoms with Gasteiger partial charge in [-0.05, 0) is 30.2 Å². The molecule has 0 bridgehead atoms. The molecule has 3 aromatic rings. The van der Waals surface area contributed by atoms with Crippen molar-refractivity contribution in [1.82, 2.24) is 0 Å². The Balaban J connectivity index is 1.85. The first-order valence-electron chi connectivity index (χ1n) is 9.88. The molecule has 1 aliphatic heterocycles. The third-order valence-corrected chi connectivity index (χ3v) is 5.66. The molecular weight excluding hydrogens is 428 g/mol. The molecule has 2 amide bonds. The van der Waals surface area contributed by atoms with Crippen LogP contribution in [-0.4, -0.2) is 26.0 Å². The minimum absolute atomic E-state index is 0.163. The van der Waals surface area contributed by atoms with Crippen LogP contribution in [0.5, 0.6) is 11.5 Å². The number of methoxy groups -OCH3 is 2. The van der Waals surface area contributed by atoms with Crippen LogP contribution in [0.15, 0.2) is 72.4 Å². The first-order chi connectivity index (χ1) is 15.4. The largest absolute Gasteiger partial charge is 0.497 e. The van der Waals surface area contributed by atoms with Crippen LogP contribution in [0.1, 0.15) is 11.1 Å². The minimum Gasteiger partial charge on any atom is -0.497 e. The average molecular weight is 449 g/mol. The van der Waals surface area contributed by atoms with Gasteiger partial charge < -0.3 is 14.8 Å². The van der Waals surface area contributed by atoms with Gasteiger partial charge in [-0.25, -0.2) is 4.90 Å². The molecule has 0 radical (unpaired) electrons. The van der Waals surface area contributed by atoms with E-state index in [1.807, 2.05) is 18.2 Å². The summed E-state index contributed by atoms with van der Waals surface area (Å²) < 4.78 is 10.7. The highest BCUT2D eigenvalue weighted by atomic mass is 35.5. The number of imide groups is 1. The number of amides is 2. The number of halogens is 1. The maximum atomic E-state index is 13.6. The summed E-state index contributed by atoms with van der Waals surface area (Å²) in [6.45, 7) is 1.78. The number of hydrogen-bond acceptors (Lipinski definition) is 5. The lowest BCUT2D eigenvalue weighted by molar-refractivity contribution is -0.120. The van der Waals surface area contributed by atoms with Crippen molar-refractivity contribution in [2.75, 3.05) is 24.4 Å². The van der Waals surface area contributed by atoms with E-state index in [0.717, 1.165) is 4.90 Å². The number of carbonyl (C=O) groups is 2. The standard InChI is InChI=1S/C25H21ClN2O4/c1-15-20(26)10-7-11-21(15)28-24(29)22(16-8-5-4-6-9-16)23(25(28)30)27-17-12-18(31-2)14-19(13-17)32-3/h4-14,27H,1-3H3. The molecule has 3 aromatic carbocycles. The van der Waals surface area contributed by atoms with E-state index in [4.69, 9.17) is 21.1 Å². The molecule has 4 rings (SSSR count). The van der Waals surface area contributed by atoms with Crippen molar-refractivity contribution in [1.29, 1.82) is 0 Å². The van der Waals surface area contributed by atoms with Crippen LogP contribution in [0.2, 0.25) is 5.02 Å². The second-order valence-corrected chi connectivity index (χ2v) is 7.58. The Morgan fingerprint density at radius 3 is 2.12 bits per heavy atom. The van der Waals surface area contributed by atoms with E-state index in [1.165, 1.54) is 0 Å². The molecule has 0 atom stereocenters. The summed E-state index contributed by atoms with van der Waals surface area (Å²) in [4.78, 5) is 28.3. The molecule has 1 aliphatic rings. The summed E-state index contributed by atoms with van der Waals surface area (Å²) in [6.07, 6.45) is 0. The third kappa shape index (κ3) is 3.81. The fourth-order valence-electron chi connectivity index (χ4n) is 3.60. The van der Waals surface area contributed by atoms with Crippen molar-refractivity contribution in [3.63, 3.8) is 0 Å². The highest BCUT2D eigenvalue weighted by Crippen LogP contribution is 2.37. The number of nitrogens with one attached hydrogen (secondary N) is 1. The number of hydrogen-bond donors (Lipinski definition) is 1. The Hall–Kier alpha value is -3.77. The van der Waals surface area contributed by atoms with Gasteiger partial charge in [0.1, 0.15) is 17.2 Å². The number of nitrogens with zero attached hydrogens (tertiary/aromatic N) is 1. The zero-order valence-electron chi connectivity index (χ0n) is 17.8. The first kappa shape index (κ1) is 21.5. The lowest BCUT2D eigenvalue weighted by Gasteiger charge is -2.18. The molecule has 0 spiro atoms. The second kappa shape index (κ2) is 8.77. The van der Waals surface area contributed by atoms with Gasteiger partial charge in [0.05, 0.1) is 25.5 Å². The maximum Gasteiger partial charge on any atom is 0.282 e. The van der Waals surface area contributed by atoms with E-state index in [0.29, 0.717) is 39.0 Å². The summed E-state index contributed by atoms with van der Waals surface area (Å²) in [5, 5.41) is 3.60. The molecule has 0 fully saturated rings. The third-order valence-electron chi connectivity index (χ3n) is 5.25. The molecule has 0 aliphatic carbocycles. The van der Waals surface area contributed by atoms with Gasteiger partial charge in [0.25, 0.3) is 11.8 Å². The van der Waals surface area contributed by atoms with E-state index in [9.17, 15) is 9.59 Å². The Kier molecular flexibility index (Phi) is 5.88. The van der Waals surface area contributed by atoms with Crippen LogP contribution in [0.25, 0.3) is 5.57 Å². The molecular formula is C25H21ClN2O4. The quantitative estimate of drug-likeness (QED) is 0.534. The maximum absolute atomic E-state index is 13.6. The molecule has 32 heavy (non-hydrogen) atoms. The normalized spacial score (nSPS) is 13.6. The predicted molar refractivity (Wildman–Crippen MR) is 125 cm³/mol. The molecule has 162 valence electrons. The van der Waals surface area contributed by atoms with Gasteiger partial charge in [-0.2, -0.15) is 0 Å². The first-order valence-corrected chi connectivity index (χ1v) is 10.3. The monoisotopic (exact) mass is 448 g/mol. The van der Waals surface area contributed by atoms with E-state index in [-0.39, 0.29) is 11.3 Å². The molecule has 0 saturated carbocycles. The van der Waals surface area contributed by atoms with Crippen molar-refractivity contribution < 1.29 is 19.1 Å². The Labute approximate surface area is 191 Å². The van der Waals surface area contributed by atoms with E-state index >= 15 is 0 Å². The molecule has 1 N–H and O–H groups in total. The van der Waals surface area contributed by atoms with E-state index < -0.39 is 11.8 Å². The Bertz CT molecular complexity index is 1220. The summed E-state index contributed by atoms with van der Waals surface area (Å²) in [6, 6.07) is 19.4. The second-order valence-electron chi connectivity index (χ2n) is 7.17. The summed E-state index contributed by atoms with van der Waals surface area (Å²) in [7, 11) is 3.09. The molecule has 7 heteroatoms. The van der Waals surface area contributed by atoms with Crippen LogP contribution in [0.3, 0.4) is 0 Å². The van der Waals surface area contributed by atoms with Gasteiger partial charge in [0.15, 0.2) is 0 Å². The van der Waals surface area contributed by atoms with Gasteiger partial charge in [-0.3, -0.25) is 9.59 Å². The van der Waals surface area contributed by atoms with Crippen LogP contribution in [0, 0.1) is 6.92 Å². The molecule has 0 aromatic heterocycles. The predicted octanol–water partition coefficient (Wildman–Crippen LogP) is 5.06. The van der Waals surface area contributed by atoms with Gasteiger partial charge in [0, 0.05) is 28.9 Å². The van der Waals surface area contributed by atoms with Gasteiger partial charge in [-0.15, -0.1) is 0 Å². The van der Waals surface area contributed by atoms with Gasteiger partial charge >= 0.3 is 0 Å². The SMILES string of the molecule is COc1cc(NC2=C(c3ccccc3)C(=O)N(c3cccc(Cl)c3C)C2=O)cc(OC)c1. The van der Waals surface area contributed by atoms with E-state index in [1.54, 1.807) is 69.7 Å². The summed E-state index contributed by atoms with van der Waals surface area (Å²) in [5.41, 5.74) is 2.71. The molecule has 0 saturated heterocycles. The summed E-state index contributed by atoms with van der Waals surface area (Å²) in [5.74, 6) is 0.200. The molecule has 6 nitrogen and oxygen atoms in total. The van der Waals surface area contributed by atoms with Crippen molar-refractivity contribution >= 4 is 40.4 Å². The highest BCUT2D eigenvalue weighted by Gasteiger charge is 2.41. The van der Waals surface area contributed by atoms with E-state index in [2.05, 4.69) is 5.32 Å². The Morgan fingerprint density at radius 1 is 0.844 bits per heavy atom. The molecule has 1 heterocycles. The molecule has 0 unspecified atom stereocenters. The summed E-state index contributed by atoms with van der Waals surface area (Å²) >= 11 is 6.27. The topological polar surface area (TPSA) is 67.9 Å². The minimum atomic E-state index is -0.471.